The number of guanidine groups is 1. The SMILES string of the molecule is CN1C(=O)[C@H](c2ccc(OC(F)F)cc2)[C@@](C)(c2cccc(OC(F)(F)F)c2)N=C1N. The number of hydrogen-bond donors (Lipinski definition) is 1. The van der Waals surface area contributed by atoms with E-state index in [-0.39, 0.29) is 17.3 Å². The summed E-state index contributed by atoms with van der Waals surface area (Å²) in [5.41, 5.74) is 5.12. The van der Waals surface area contributed by atoms with Crippen LogP contribution in [0.15, 0.2) is 53.5 Å². The normalized spacial score (nSPS) is 21.8. The Morgan fingerprint density at radius 3 is 2.35 bits per heavy atom. The Bertz CT molecular complexity index is 994. The van der Waals surface area contributed by atoms with Crippen LogP contribution in [-0.4, -0.2) is 36.8 Å². The molecule has 2 aromatic rings. The number of aliphatic imine (C=N–C) groups is 1. The molecular formula is C20H18F5N3O3. The van der Waals surface area contributed by atoms with Crippen molar-refractivity contribution in [1.29, 1.82) is 0 Å². The van der Waals surface area contributed by atoms with Gasteiger partial charge in [0, 0.05) is 7.05 Å². The number of amides is 1. The summed E-state index contributed by atoms with van der Waals surface area (Å²) >= 11 is 0. The van der Waals surface area contributed by atoms with Crippen molar-refractivity contribution in [2.24, 2.45) is 10.7 Å². The lowest BCUT2D eigenvalue weighted by Crippen LogP contribution is -2.52. The van der Waals surface area contributed by atoms with Crippen LogP contribution in [0.25, 0.3) is 0 Å². The van der Waals surface area contributed by atoms with Crippen LogP contribution in [0.1, 0.15) is 24.0 Å². The van der Waals surface area contributed by atoms with Crippen molar-refractivity contribution in [3.8, 4) is 11.5 Å². The molecule has 0 saturated carbocycles. The molecule has 3 rings (SSSR count). The van der Waals surface area contributed by atoms with Gasteiger partial charge in [-0.25, -0.2) is 4.99 Å². The monoisotopic (exact) mass is 443 g/mol. The van der Waals surface area contributed by atoms with Crippen molar-refractivity contribution in [3.05, 3.63) is 59.7 Å². The maximum Gasteiger partial charge on any atom is 0.573 e. The number of alkyl halides is 5. The van der Waals surface area contributed by atoms with E-state index in [9.17, 15) is 26.7 Å². The van der Waals surface area contributed by atoms with Crippen LogP contribution in [0.5, 0.6) is 11.5 Å². The average Bonchev–Trinajstić information content (AvgIpc) is 2.66. The third-order valence-electron chi connectivity index (χ3n) is 4.92. The molecule has 0 spiro atoms. The summed E-state index contributed by atoms with van der Waals surface area (Å²) in [5, 5.41) is 0. The molecule has 0 saturated heterocycles. The molecule has 0 fully saturated rings. The first-order valence-electron chi connectivity index (χ1n) is 8.94. The molecule has 6 nitrogen and oxygen atoms in total. The van der Waals surface area contributed by atoms with Gasteiger partial charge in [0.15, 0.2) is 5.96 Å². The molecule has 31 heavy (non-hydrogen) atoms. The van der Waals surface area contributed by atoms with Crippen LogP contribution in [0.3, 0.4) is 0 Å². The van der Waals surface area contributed by atoms with E-state index in [1.807, 2.05) is 0 Å². The number of benzene rings is 2. The van der Waals surface area contributed by atoms with Crippen LogP contribution in [0.4, 0.5) is 22.0 Å². The lowest BCUT2D eigenvalue weighted by atomic mass is 9.74. The standard InChI is InChI=1S/C20H18F5N3O3/c1-19(12-4-3-5-14(10-12)31-20(23,24)25)15(16(29)28(2)18(26)27-19)11-6-8-13(9-7-11)30-17(21)22/h3-10,15,17H,1-2H3,(H2,26,27)/t15-,19+/m0/s1. The Kier molecular flexibility index (Phi) is 5.79. The summed E-state index contributed by atoms with van der Waals surface area (Å²) in [5.74, 6) is -2.19. The predicted molar refractivity (Wildman–Crippen MR) is 101 cm³/mol. The van der Waals surface area contributed by atoms with E-state index in [4.69, 9.17) is 5.73 Å². The van der Waals surface area contributed by atoms with Gasteiger partial charge in [0.2, 0.25) is 5.91 Å². The summed E-state index contributed by atoms with van der Waals surface area (Å²) in [6.07, 6.45) is -4.90. The van der Waals surface area contributed by atoms with Crippen LogP contribution >= 0.6 is 0 Å². The Labute approximate surface area is 174 Å². The lowest BCUT2D eigenvalue weighted by molar-refractivity contribution is -0.274. The fourth-order valence-corrected chi connectivity index (χ4v) is 3.47. The number of carbonyl (C=O) groups is 1. The van der Waals surface area contributed by atoms with Gasteiger partial charge in [-0.3, -0.25) is 9.69 Å². The number of ether oxygens (including phenoxy) is 2. The van der Waals surface area contributed by atoms with Crippen LogP contribution in [0, 0.1) is 0 Å². The van der Waals surface area contributed by atoms with Gasteiger partial charge in [-0.05, 0) is 42.3 Å². The van der Waals surface area contributed by atoms with Gasteiger partial charge in [0.05, 0.1) is 5.92 Å². The molecule has 2 atom stereocenters. The Morgan fingerprint density at radius 1 is 1.13 bits per heavy atom. The summed E-state index contributed by atoms with van der Waals surface area (Å²) < 4.78 is 71.1. The minimum absolute atomic E-state index is 0.111. The first-order chi connectivity index (χ1) is 14.4. The highest BCUT2D eigenvalue weighted by Crippen LogP contribution is 2.45. The summed E-state index contributed by atoms with van der Waals surface area (Å²) in [4.78, 5) is 18.6. The van der Waals surface area contributed by atoms with Crippen molar-refractivity contribution in [3.63, 3.8) is 0 Å². The van der Waals surface area contributed by atoms with Crippen molar-refractivity contribution in [2.45, 2.75) is 31.4 Å². The van der Waals surface area contributed by atoms with Gasteiger partial charge >= 0.3 is 13.0 Å². The van der Waals surface area contributed by atoms with Crippen LogP contribution < -0.4 is 15.2 Å². The first kappa shape index (κ1) is 22.3. The van der Waals surface area contributed by atoms with Crippen molar-refractivity contribution >= 4 is 11.9 Å². The van der Waals surface area contributed by atoms with E-state index in [1.165, 1.54) is 43.4 Å². The first-order valence-corrected chi connectivity index (χ1v) is 8.94. The highest BCUT2D eigenvalue weighted by molar-refractivity contribution is 6.02. The second kappa shape index (κ2) is 8.05. The third-order valence-corrected chi connectivity index (χ3v) is 4.92. The fraction of sp³-hybridized carbons (Fsp3) is 0.300. The van der Waals surface area contributed by atoms with E-state index in [1.54, 1.807) is 6.92 Å². The van der Waals surface area contributed by atoms with E-state index in [0.717, 1.165) is 17.0 Å². The fourth-order valence-electron chi connectivity index (χ4n) is 3.47. The minimum Gasteiger partial charge on any atom is -0.435 e. The quantitative estimate of drug-likeness (QED) is 0.710. The van der Waals surface area contributed by atoms with Crippen molar-refractivity contribution < 1.29 is 36.2 Å². The van der Waals surface area contributed by atoms with Gasteiger partial charge in [-0.15, -0.1) is 13.2 Å². The summed E-state index contributed by atoms with van der Waals surface area (Å²) in [7, 11) is 1.41. The molecule has 0 radical (unpaired) electrons. The van der Waals surface area contributed by atoms with Gasteiger partial charge in [-0.2, -0.15) is 8.78 Å². The highest BCUT2D eigenvalue weighted by Gasteiger charge is 2.47. The predicted octanol–water partition coefficient (Wildman–Crippen LogP) is 3.97. The molecule has 166 valence electrons. The second-order valence-electron chi connectivity index (χ2n) is 6.97. The number of nitrogens with zero attached hydrogens (tertiary/aromatic N) is 2. The van der Waals surface area contributed by atoms with Gasteiger partial charge in [0.1, 0.15) is 17.0 Å². The number of carbonyl (C=O) groups excluding carboxylic acids is 1. The molecule has 1 heterocycles. The number of likely N-dealkylation sites (N-methyl/N-ethyl adjacent to an activating group) is 1. The zero-order valence-electron chi connectivity index (χ0n) is 16.4. The molecule has 2 N–H and O–H groups in total. The van der Waals surface area contributed by atoms with E-state index in [2.05, 4.69) is 14.5 Å². The van der Waals surface area contributed by atoms with E-state index < -0.39 is 36.1 Å². The minimum atomic E-state index is -4.90. The molecule has 1 amide bonds. The highest BCUT2D eigenvalue weighted by atomic mass is 19.4. The molecule has 1 aliphatic heterocycles. The average molecular weight is 443 g/mol. The Hall–Kier alpha value is -3.37. The molecule has 1 aliphatic rings. The Morgan fingerprint density at radius 2 is 1.77 bits per heavy atom. The molecule has 2 aromatic carbocycles. The van der Waals surface area contributed by atoms with Crippen molar-refractivity contribution in [1.82, 2.24) is 4.90 Å². The molecule has 0 bridgehead atoms. The molecule has 0 aromatic heterocycles. The van der Waals surface area contributed by atoms with Gasteiger partial charge in [-0.1, -0.05) is 24.3 Å². The number of halogens is 5. The summed E-state index contributed by atoms with van der Waals surface area (Å²) in [6.45, 7) is -1.47. The lowest BCUT2D eigenvalue weighted by Gasteiger charge is -2.41. The Balaban J connectivity index is 2.08. The third kappa shape index (κ3) is 4.70. The van der Waals surface area contributed by atoms with Gasteiger partial charge in [0.25, 0.3) is 0 Å². The van der Waals surface area contributed by atoms with Crippen LogP contribution in [-0.2, 0) is 10.3 Å². The number of rotatable bonds is 5. The largest absolute Gasteiger partial charge is 0.573 e. The topological polar surface area (TPSA) is 77.2 Å². The number of nitrogens with two attached hydrogens (primary N) is 1. The number of hydrogen-bond acceptors (Lipinski definition) is 5. The zero-order valence-corrected chi connectivity index (χ0v) is 16.4. The molecule has 0 aliphatic carbocycles. The maximum atomic E-state index is 13.1. The molecule has 11 heteroatoms. The summed E-state index contributed by atoms with van der Waals surface area (Å²) in [6, 6.07) is 10.4. The van der Waals surface area contributed by atoms with Crippen LogP contribution in [0.2, 0.25) is 0 Å². The zero-order chi connectivity index (χ0) is 23.0. The van der Waals surface area contributed by atoms with E-state index >= 15 is 0 Å². The van der Waals surface area contributed by atoms with Gasteiger partial charge < -0.3 is 15.2 Å². The maximum absolute atomic E-state index is 13.1. The smallest absolute Gasteiger partial charge is 0.435 e. The van der Waals surface area contributed by atoms with E-state index in [0.29, 0.717) is 5.56 Å². The molecule has 0 unspecified atom stereocenters. The van der Waals surface area contributed by atoms with Crippen molar-refractivity contribution in [2.75, 3.05) is 7.05 Å². The second-order valence-corrected chi connectivity index (χ2v) is 6.97. The molecular weight excluding hydrogens is 425 g/mol.